The fraction of sp³-hybridized carbons (Fsp3) is 0.588. The first kappa shape index (κ1) is 19.0. The molecule has 134 valence electrons. The van der Waals surface area contributed by atoms with E-state index < -0.39 is 13.6 Å². The molecule has 1 fully saturated rings. The van der Waals surface area contributed by atoms with E-state index in [-0.39, 0.29) is 12.0 Å². The van der Waals surface area contributed by atoms with E-state index in [0.29, 0.717) is 24.3 Å². The van der Waals surface area contributed by atoms with Gasteiger partial charge in [-0.15, -0.1) is 0 Å². The number of benzene rings is 1. The first-order chi connectivity index (χ1) is 11.4. The van der Waals surface area contributed by atoms with Gasteiger partial charge >= 0.3 is 13.5 Å². The van der Waals surface area contributed by atoms with Crippen LogP contribution in [-0.4, -0.2) is 43.0 Å². The number of carbonyl (C=O) groups excluding carboxylic acids is 1. The lowest BCUT2D eigenvalue weighted by Crippen LogP contribution is -2.44. The second kappa shape index (κ2) is 8.15. The highest BCUT2D eigenvalue weighted by molar-refractivity contribution is 7.64. The van der Waals surface area contributed by atoms with Crippen molar-refractivity contribution in [1.29, 1.82) is 0 Å². The predicted molar refractivity (Wildman–Crippen MR) is 92.8 cm³/mol. The van der Waals surface area contributed by atoms with E-state index in [4.69, 9.17) is 14.0 Å². The lowest BCUT2D eigenvalue weighted by atomic mass is 10.1. The van der Waals surface area contributed by atoms with E-state index in [1.165, 1.54) is 0 Å². The Labute approximate surface area is 143 Å². The Hall–Kier alpha value is -1.36. The van der Waals surface area contributed by atoms with Gasteiger partial charge in [0.1, 0.15) is 11.8 Å². The van der Waals surface area contributed by atoms with Gasteiger partial charge in [-0.25, -0.2) is 4.67 Å². The van der Waals surface area contributed by atoms with Gasteiger partial charge in [-0.1, -0.05) is 0 Å². The van der Waals surface area contributed by atoms with Crippen LogP contribution in [0.1, 0.15) is 33.6 Å². The minimum Gasteiger partial charge on any atom is -0.497 e. The van der Waals surface area contributed by atoms with Gasteiger partial charge in [-0.2, -0.15) is 0 Å². The molecule has 1 saturated heterocycles. The summed E-state index contributed by atoms with van der Waals surface area (Å²) in [7, 11) is -1.78. The van der Waals surface area contributed by atoms with Crippen LogP contribution in [0.5, 0.6) is 5.75 Å². The second-order valence-corrected chi connectivity index (χ2v) is 8.13. The number of hydrogen-bond acceptors (Lipinski definition) is 5. The van der Waals surface area contributed by atoms with Crippen LogP contribution < -0.4 is 10.0 Å². The summed E-state index contributed by atoms with van der Waals surface area (Å²) in [5.74, 6) is 0.293. The average Bonchev–Trinajstić information content (AvgIpc) is 2.73. The Balaban J connectivity index is 2.43. The highest BCUT2D eigenvalue weighted by atomic mass is 31.2. The van der Waals surface area contributed by atoms with E-state index in [1.54, 1.807) is 49.9 Å². The van der Waals surface area contributed by atoms with Crippen molar-refractivity contribution >= 4 is 18.8 Å². The van der Waals surface area contributed by atoms with Crippen LogP contribution in [0.4, 0.5) is 0 Å². The molecular formula is C17H26NO5P. The molecule has 0 saturated carbocycles. The summed E-state index contributed by atoms with van der Waals surface area (Å²) in [6, 6.07) is 6.28. The SMILES string of the molecule is CCOC(=O)C(C)N1C(C)CCCOP1(=O)c1ccc(OC)cc1. The summed E-state index contributed by atoms with van der Waals surface area (Å²) in [5, 5.41) is 0.563. The number of rotatable bonds is 5. The maximum atomic E-state index is 13.8. The summed E-state index contributed by atoms with van der Waals surface area (Å²) in [4.78, 5) is 12.3. The van der Waals surface area contributed by atoms with Crippen LogP contribution in [0.15, 0.2) is 24.3 Å². The first-order valence-electron chi connectivity index (χ1n) is 8.28. The lowest BCUT2D eigenvalue weighted by Gasteiger charge is -2.36. The fourth-order valence-electron chi connectivity index (χ4n) is 2.98. The van der Waals surface area contributed by atoms with Crippen LogP contribution in [-0.2, 0) is 18.6 Å². The normalized spacial score (nSPS) is 26.4. The molecule has 0 spiro atoms. The van der Waals surface area contributed by atoms with Crippen LogP contribution in [0.25, 0.3) is 0 Å². The zero-order valence-electron chi connectivity index (χ0n) is 14.7. The Bertz CT molecular complexity index is 604. The minimum absolute atomic E-state index is 0.0557. The maximum absolute atomic E-state index is 13.8. The molecular weight excluding hydrogens is 329 g/mol. The monoisotopic (exact) mass is 355 g/mol. The highest BCUT2D eigenvalue weighted by Crippen LogP contribution is 2.54. The zero-order chi connectivity index (χ0) is 17.7. The molecule has 0 aliphatic carbocycles. The van der Waals surface area contributed by atoms with Crippen molar-refractivity contribution in [2.45, 2.75) is 45.7 Å². The number of hydrogen-bond donors (Lipinski definition) is 0. The summed E-state index contributed by atoms with van der Waals surface area (Å²) in [6.45, 7) is 6.15. The summed E-state index contributed by atoms with van der Waals surface area (Å²) in [5.41, 5.74) is 0. The van der Waals surface area contributed by atoms with Gasteiger partial charge in [-0.3, -0.25) is 9.36 Å². The van der Waals surface area contributed by atoms with Crippen molar-refractivity contribution < 1.29 is 23.4 Å². The molecule has 0 N–H and O–H groups in total. The van der Waals surface area contributed by atoms with Crippen LogP contribution in [0.2, 0.25) is 0 Å². The summed E-state index contributed by atoms with van der Waals surface area (Å²) >= 11 is 0. The quantitative estimate of drug-likeness (QED) is 0.598. The smallest absolute Gasteiger partial charge is 0.323 e. The molecule has 6 nitrogen and oxygen atoms in total. The lowest BCUT2D eigenvalue weighted by molar-refractivity contribution is -0.147. The number of nitrogens with zero attached hydrogens (tertiary/aromatic N) is 1. The molecule has 7 heteroatoms. The largest absolute Gasteiger partial charge is 0.497 e. The van der Waals surface area contributed by atoms with Gasteiger partial charge in [0.25, 0.3) is 0 Å². The average molecular weight is 355 g/mol. The third-order valence-electron chi connectivity index (χ3n) is 4.21. The van der Waals surface area contributed by atoms with Crippen molar-refractivity contribution in [1.82, 2.24) is 4.67 Å². The van der Waals surface area contributed by atoms with Gasteiger partial charge in [0, 0.05) is 6.04 Å². The van der Waals surface area contributed by atoms with Crippen LogP contribution in [0.3, 0.4) is 0 Å². The first-order valence-corrected chi connectivity index (χ1v) is 9.86. The van der Waals surface area contributed by atoms with Crippen LogP contribution in [0, 0.1) is 0 Å². The van der Waals surface area contributed by atoms with Gasteiger partial charge in [0.15, 0.2) is 0 Å². The van der Waals surface area contributed by atoms with Crippen molar-refractivity contribution in [3.63, 3.8) is 0 Å². The van der Waals surface area contributed by atoms with E-state index in [1.807, 2.05) is 6.92 Å². The second-order valence-electron chi connectivity index (χ2n) is 5.85. The summed E-state index contributed by atoms with van der Waals surface area (Å²) < 4.78 is 31.6. The Kier molecular flexibility index (Phi) is 6.44. The highest BCUT2D eigenvalue weighted by Gasteiger charge is 2.44. The predicted octanol–water partition coefficient (Wildman–Crippen LogP) is 2.97. The molecule has 3 unspecified atom stereocenters. The number of esters is 1. The Morgan fingerprint density at radius 3 is 2.67 bits per heavy atom. The Morgan fingerprint density at radius 2 is 2.08 bits per heavy atom. The van der Waals surface area contributed by atoms with E-state index >= 15 is 0 Å². The topological polar surface area (TPSA) is 65.1 Å². The molecule has 1 aromatic rings. The molecule has 1 aliphatic rings. The fourth-order valence-corrected chi connectivity index (χ4v) is 5.62. The third-order valence-corrected chi connectivity index (χ3v) is 7.04. The third kappa shape index (κ3) is 3.82. The molecule has 0 amide bonds. The van der Waals surface area contributed by atoms with Gasteiger partial charge in [0.2, 0.25) is 0 Å². The molecule has 0 aromatic heterocycles. The number of carbonyl (C=O) groups is 1. The minimum atomic E-state index is -3.36. The van der Waals surface area contributed by atoms with E-state index in [0.717, 1.165) is 12.8 Å². The Morgan fingerprint density at radius 1 is 1.42 bits per heavy atom. The van der Waals surface area contributed by atoms with Crippen LogP contribution >= 0.6 is 7.52 Å². The van der Waals surface area contributed by atoms with Crippen molar-refractivity contribution in [2.24, 2.45) is 0 Å². The molecule has 1 aromatic carbocycles. The zero-order valence-corrected chi connectivity index (χ0v) is 15.6. The van der Waals surface area contributed by atoms with Gasteiger partial charge in [-0.05, 0) is 57.9 Å². The number of methoxy groups -OCH3 is 1. The molecule has 0 radical (unpaired) electrons. The molecule has 1 heterocycles. The van der Waals surface area contributed by atoms with Gasteiger partial charge in [0.05, 0.1) is 25.6 Å². The molecule has 1 aliphatic heterocycles. The van der Waals surface area contributed by atoms with Crippen molar-refractivity contribution in [3.05, 3.63) is 24.3 Å². The molecule has 2 rings (SSSR count). The molecule has 24 heavy (non-hydrogen) atoms. The standard InChI is InChI=1S/C17H26NO5P/c1-5-22-17(19)14(3)18-13(2)7-6-12-23-24(18,20)16-10-8-15(21-4)9-11-16/h8-11,13-14H,5-7,12H2,1-4H3. The maximum Gasteiger partial charge on any atom is 0.323 e. The van der Waals surface area contributed by atoms with Crippen molar-refractivity contribution in [2.75, 3.05) is 20.3 Å². The molecule has 3 atom stereocenters. The number of ether oxygens (including phenoxy) is 2. The van der Waals surface area contributed by atoms with E-state index in [9.17, 15) is 9.36 Å². The molecule has 0 bridgehead atoms. The van der Waals surface area contributed by atoms with E-state index in [2.05, 4.69) is 0 Å². The van der Waals surface area contributed by atoms with Gasteiger partial charge < -0.3 is 14.0 Å². The summed E-state index contributed by atoms with van der Waals surface area (Å²) in [6.07, 6.45) is 1.61. The van der Waals surface area contributed by atoms with Crippen molar-refractivity contribution in [3.8, 4) is 5.75 Å².